The molecular weight excluding hydrogens is 674 g/mol. The Morgan fingerprint density at radius 2 is 1.67 bits per heavy atom. The number of alkyl halides is 3. The van der Waals surface area contributed by atoms with Crippen molar-refractivity contribution < 1.29 is 27.6 Å². The Labute approximate surface area is 282 Å². The summed E-state index contributed by atoms with van der Waals surface area (Å²) in [6.45, 7) is 3.27. The highest BCUT2D eigenvalue weighted by molar-refractivity contribution is 6.34. The van der Waals surface area contributed by atoms with Crippen molar-refractivity contribution in [3.8, 4) is 17.1 Å². The zero-order chi connectivity index (χ0) is 34.2. The van der Waals surface area contributed by atoms with Gasteiger partial charge in [0, 0.05) is 57.2 Å². The van der Waals surface area contributed by atoms with Gasteiger partial charge in [0.15, 0.2) is 17.3 Å². The Bertz CT molecular complexity index is 1850. The first-order chi connectivity index (χ1) is 22.9. The van der Waals surface area contributed by atoms with Crippen LogP contribution in [0.15, 0.2) is 48.9 Å². The summed E-state index contributed by atoms with van der Waals surface area (Å²) in [4.78, 5) is 50.9. The molecule has 2 saturated heterocycles. The third kappa shape index (κ3) is 6.89. The number of halogens is 5. The lowest BCUT2D eigenvalue weighted by atomic mass is 9.96. The first-order valence-electron chi connectivity index (χ1n) is 15.1. The van der Waals surface area contributed by atoms with Crippen LogP contribution in [0.1, 0.15) is 39.5 Å². The molecule has 0 saturated carbocycles. The highest BCUT2D eigenvalue weighted by Crippen LogP contribution is 2.37. The first kappa shape index (κ1) is 33.4. The molecule has 2 aliphatic heterocycles. The van der Waals surface area contributed by atoms with Crippen LogP contribution in [0.2, 0.25) is 10.0 Å². The van der Waals surface area contributed by atoms with Crippen LogP contribution in [0.3, 0.4) is 0 Å². The fourth-order valence-corrected chi connectivity index (χ4v) is 6.22. The Balaban J connectivity index is 1.13. The number of hydrogen-bond donors (Lipinski definition) is 2. The van der Waals surface area contributed by atoms with E-state index in [0.717, 1.165) is 43.0 Å². The van der Waals surface area contributed by atoms with Gasteiger partial charge in [-0.25, -0.2) is 14.6 Å². The second kappa shape index (κ2) is 13.6. The van der Waals surface area contributed by atoms with Crippen molar-refractivity contribution >= 4 is 46.6 Å². The molecule has 0 bridgehead atoms. The predicted molar refractivity (Wildman–Crippen MR) is 171 cm³/mol. The van der Waals surface area contributed by atoms with E-state index in [1.165, 1.54) is 48.1 Å². The summed E-state index contributed by atoms with van der Waals surface area (Å²) >= 11 is 12.3. The standard InChI is InChI=1S/C31H30Cl2F3N9O3/c1-42-24(22-17-45(41-26(22)31(34,35)36)25-5-2-19(32)15-38-25)16-39-27(42)28(46)40-20-3-4-21(23(33)14-20)30(48)44-12-10-43(11-13-44)29(47)18-6-8-37-9-7-18/h2-5,14-18,37H,6-13H2,1H3,(H,40,46). The number of nitrogens with zero attached hydrogens (tertiary/aromatic N) is 7. The lowest BCUT2D eigenvalue weighted by Gasteiger charge is -2.37. The molecule has 0 aliphatic carbocycles. The topological polar surface area (TPSA) is 130 Å². The van der Waals surface area contributed by atoms with Crippen LogP contribution >= 0.6 is 23.2 Å². The number of anilines is 1. The van der Waals surface area contributed by atoms with Crippen LogP contribution in [-0.2, 0) is 18.0 Å². The molecule has 12 nitrogen and oxygen atoms in total. The first-order valence-corrected chi connectivity index (χ1v) is 15.9. The molecule has 5 heterocycles. The van der Waals surface area contributed by atoms with E-state index in [4.69, 9.17) is 23.2 Å². The van der Waals surface area contributed by atoms with Gasteiger partial charge in [-0.15, -0.1) is 0 Å². The van der Waals surface area contributed by atoms with Gasteiger partial charge >= 0.3 is 6.18 Å². The predicted octanol–water partition coefficient (Wildman–Crippen LogP) is 4.53. The Morgan fingerprint density at radius 3 is 2.31 bits per heavy atom. The lowest BCUT2D eigenvalue weighted by Crippen LogP contribution is -2.52. The molecule has 2 fully saturated rings. The normalized spacial score (nSPS) is 15.9. The van der Waals surface area contributed by atoms with Gasteiger partial charge in [0.05, 0.1) is 33.1 Å². The van der Waals surface area contributed by atoms with E-state index in [9.17, 15) is 27.6 Å². The van der Waals surface area contributed by atoms with E-state index >= 15 is 0 Å². The molecule has 48 heavy (non-hydrogen) atoms. The molecule has 2 N–H and O–H groups in total. The number of pyridine rings is 1. The maximum atomic E-state index is 14.0. The number of nitrogens with one attached hydrogen (secondary N) is 2. The van der Waals surface area contributed by atoms with Gasteiger partial charge in [-0.3, -0.25) is 14.4 Å². The second-order valence-corrected chi connectivity index (χ2v) is 12.3. The van der Waals surface area contributed by atoms with Crippen LogP contribution in [0.25, 0.3) is 17.1 Å². The molecule has 4 aromatic rings. The van der Waals surface area contributed by atoms with E-state index in [-0.39, 0.29) is 56.9 Å². The summed E-state index contributed by atoms with van der Waals surface area (Å²) in [6.07, 6.45) is 0.396. The minimum Gasteiger partial charge on any atom is -0.339 e. The number of carbonyl (C=O) groups excluding carboxylic acids is 3. The van der Waals surface area contributed by atoms with Gasteiger partial charge in [-0.05, 0) is 56.3 Å². The summed E-state index contributed by atoms with van der Waals surface area (Å²) in [7, 11) is 1.41. The maximum Gasteiger partial charge on any atom is 0.435 e. The second-order valence-electron chi connectivity index (χ2n) is 11.5. The number of hydrogen-bond acceptors (Lipinski definition) is 7. The van der Waals surface area contributed by atoms with E-state index in [2.05, 4.69) is 25.7 Å². The minimum atomic E-state index is -4.81. The highest BCUT2D eigenvalue weighted by atomic mass is 35.5. The molecule has 3 aromatic heterocycles. The summed E-state index contributed by atoms with van der Waals surface area (Å²) in [6, 6.07) is 7.30. The van der Waals surface area contributed by atoms with Crippen LogP contribution in [0, 0.1) is 5.92 Å². The van der Waals surface area contributed by atoms with Crippen molar-refractivity contribution in [1.29, 1.82) is 0 Å². The molecule has 0 radical (unpaired) electrons. The molecule has 252 valence electrons. The zero-order valence-electron chi connectivity index (χ0n) is 25.6. The monoisotopic (exact) mass is 703 g/mol. The number of rotatable bonds is 6. The number of carbonyl (C=O) groups is 3. The van der Waals surface area contributed by atoms with Gasteiger partial charge in [-0.1, -0.05) is 23.2 Å². The number of piperidine rings is 1. The fourth-order valence-electron chi connectivity index (χ4n) is 5.84. The average Bonchev–Trinajstić information content (AvgIpc) is 3.69. The average molecular weight is 705 g/mol. The quantitative estimate of drug-likeness (QED) is 0.302. The Morgan fingerprint density at radius 1 is 0.958 bits per heavy atom. The van der Waals surface area contributed by atoms with Crippen molar-refractivity contribution in [2.75, 3.05) is 44.6 Å². The summed E-state index contributed by atoms with van der Waals surface area (Å²) in [5, 5.41) is 10.00. The van der Waals surface area contributed by atoms with E-state index in [0.29, 0.717) is 31.2 Å². The van der Waals surface area contributed by atoms with Gasteiger partial charge in [0.1, 0.15) is 0 Å². The van der Waals surface area contributed by atoms with Gasteiger partial charge in [-0.2, -0.15) is 18.3 Å². The van der Waals surface area contributed by atoms with E-state index < -0.39 is 17.8 Å². The summed E-state index contributed by atoms with van der Waals surface area (Å²) in [5.74, 6) is -0.933. The largest absolute Gasteiger partial charge is 0.435 e. The van der Waals surface area contributed by atoms with Crippen molar-refractivity contribution in [3.63, 3.8) is 0 Å². The number of aromatic nitrogens is 5. The molecule has 0 atom stereocenters. The van der Waals surface area contributed by atoms with E-state index in [1.807, 2.05) is 4.90 Å². The highest BCUT2D eigenvalue weighted by Gasteiger charge is 2.39. The van der Waals surface area contributed by atoms with Crippen molar-refractivity contribution in [1.82, 2.24) is 39.4 Å². The number of amides is 3. The number of benzene rings is 1. The van der Waals surface area contributed by atoms with Crippen LogP contribution in [-0.4, -0.2) is 91.1 Å². The molecule has 17 heteroatoms. The molecule has 3 amide bonds. The molecule has 2 aliphatic rings. The molecule has 6 rings (SSSR count). The van der Waals surface area contributed by atoms with Gasteiger partial charge in [0.25, 0.3) is 11.8 Å². The zero-order valence-corrected chi connectivity index (χ0v) is 27.1. The SMILES string of the molecule is Cn1c(-c2cn(-c3ccc(Cl)cn3)nc2C(F)(F)F)cnc1C(=O)Nc1ccc(C(=O)N2CCN(C(=O)C3CCNCC3)CC2)c(Cl)c1. The number of piperazine rings is 1. The van der Waals surface area contributed by atoms with Crippen molar-refractivity contribution in [2.24, 2.45) is 13.0 Å². The molecule has 1 aromatic carbocycles. The van der Waals surface area contributed by atoms with Crippen molar-refractivity contribution in [3.05, 3.63) is 76.0 Å². The number of imidazole rings is 1. The third-order valence-electron chi connectivity index (χ3n) is 8.42. The Hall–Kier alpha value is -4.47. The summed E-state index contributed by atoms with van der Waals surface area (Å²) in [5.41, 5.74) is -1.02. The van der Waals surface area contributed by atoms with Crippen LogP contribution in [0.4, 0.5) is 18.9 Å². The van der Waals surface area contributed by atoms with E-state index in [1.54, 1.807) is 4.90 Å². The van der Waals surface area contributed by atoms with Gasteiger partial charge < -0.3 is 25.0 Å². The Kier molecular flexibility index (Phi) is 9.45. The third-order valence-corrected chi connectivity index (χ3v) is 8.96. The van der Waals surface area contributed by atoms with Crippen molar-refractivity contribution in [2.45, 2.75) is 19.0 Å². The smallest absolute Gasteiger partial charge is 0.339 e. The molecule has 0 unspecified atom stereocenters. The maximum absolute atomic E-state index is 14.0. The van der Waals surface area contributed by atoms with Crippen LogP contribution in [0.5, 0.6) is 0 Å². The molecular formula is C31H30Cl2F3N9O3. The minimum absolute atomic E-state index is 0.00999. The molecule has 0 spiro atoms. The lowest BCUT2D eigenvalue weighted by molar-refractivity contribution is -0.141. The van der Waals surface area contributed by atoms with Gasteiger partial charge in [0.2, 0.25) is 5.91 Å². The van der Waals surface area contributed by atoms with Crippen LogP contribution < -0.4 is 10.6 Å². The fraction of sp³-hybridized carbons (Fsp3) is 0.355. The summed E-state index contributed by atoms with van der Waals surface area (Å²) < 4.78 is 44.2.